The first-order chi connectivity index (χ1) is 15.8. The van der Waals surface area contributed by atoms with Crippen LogP contribution in [0.5, 0.6) is 0 Å². The summed E-state index contributed by atoms with van der Waals surface area (Å²) in [6.45, 7) is 0. The summed E-state index contributed by atoms with van der Waals surface area (Å²) in [5.41, 5.74) is 7.13. The lowest BCUT2D eigenvalue weighted by atomic mass is 9.92. The number of nitrogens with zero attached hydrogens (tertiary/aromatic N) is 3. The van der Waals surface area contributed by atoms with Gasteiger partial charge in [-0.15, -0.1) is 10.2 Å². The standard InChI is InChI=1S/C27H16BrN3O/c28-21-16-15-20(23-19-13-7-8-14-22(19)32-27(21)23)24-25(17-9-3-1-4-10-17)29-31-30-26(24)18-11-5-2-6-12-18/h1-16H. The van der Waals surface area contributed by atoms with Crippen molar-refractivity contribution in [2.75, 3.05) is 0 Å². The fourth-order valence-electron chi connectivity index (χ4n) is 4.18. The zero-order valence-corrected chi connectivity index (χ0v) is 18.5. The molecule has 0 spiro atoms. The van der Waals surface area contributed by atoms with E-state index in [-0.39, 0.29) is 0 Å². The smallest absolute Gasteiger partial charge is 0.150 e. The first-order valence-corrected chi connectivity index (χ1v) is 11.0. The van der Waals surface area contributed by atoms with E-state index in [4.69, 9.17) is 4.42 Å². The fraction of sp³-hybridized carbons (Fsp3) is 0. The predicted octanol–water partition coefficient (Wildman–Crippen LogP) is 7.53. The van der Waals surface area contributed by atoms with Crippen LogP contribution in [0.2, 0.25) is 0 Å². The average molecular weight is 478 g/mol. The van der Waals surface area contributed by atoms with Gasteiger partial charge in [0.25, 0.3) is 0 Å². The molecule has 0 aliphatic rings. The number of hydrogen-bond donors (Lipinski definition) is 0. The summed E-state index contributed by atoms with van der Waals surface area (Å²) in [7, 11) is 0. The Morgan fingerprint density at radius 1 is 0.625 bits per heavy atom. The Bertz CT molecular complexity index is 1520. The molecule has 152 valence electrons. The molecule has 2 heterocycles. The van der Waals surface area contributed by atoms with E-state index < -0.39 is 0 Å². The Morgan fingerprint density at radius 3 is 1.88 bits per heavy atom. The van der Waals surface area contributed by atoms with Crippen LogP contribution in [0.3, 0.4) is 0 Å². The summed E-state index contributed by atoms with van der Waals surface area (Å²) in [4.78, 5) is 0. The first-order valence-electron chi connectivity index (χ1n) is 10.3. The van der Waals surface area contributed by atoms with E-state index in [1.54, 1.807) is 0 Å². The maximum Gasteiger partial charge on any atom is 0.150 e. The second-order valence-electron chi connectivity index (χ2n) is 7.49. The van der Waals surface area contributed by atoms with Crippen molar-refractivity contribution in [1.82, 2.24) is 15.4 Å². The number of para-hydroxylation sites is 1. The Balaban J connectivity index is 1.78. The highest BCUT2D eigenvalue weighted by Crippen LogP contribution is 2.45. The summed E-state index contributed by atoms with van der Waals surface area (Å²) < 4.78 is 7.14. The molecule has 0 radical (unpaired) electrons. The molecule has 0 N–H and O–H groups in total. The van der Waals surface area contributed by atoms with Crippen molar-refractivity contribution in [3.8, 4) is 33.6 Å². The second-order valence-corrected chi connectivity index (χ2v) is 8.35. The third-order valence-corrected chi connectivity index (χ3v) is 6.23. The lowest BCUT2D eigenvalue weighted by Gasteiger charge is -2.14. The van der Waals surface area contributed by atoms with Gasteiger partial charge in [-0.3, -0.25) is 0 Å². The number of hydrogen-bond acceptors (Lipinski definition) is 4. The van der Waals surface area contributed by atoms with Crippen LogP contribution in [0.1, 0.15) is 0 Å². The third-order valence-electron chi connectivity index (χ3n) is 5.60. The largest absolute Gasteiger partial charge is 0.455 e. The van der Waals surface area contributed by atoms with Gasteiger partial charge in [-0.1, -0.05) is 84.9 Å². The molecule has 0 saturated heterocycles. The van der Waals surface area contributed by atoms with Gasteiger partial charge in [0.2, 0.25) is 0 Å². The topological polar surface area (TPSA) is 51.8 Å². The second kappa shape index (κ2) is 7.70. The molecule has 5 heteroatoms. The van der Waals surface area contributed by atoms with Crippen LogP contribution in [-0.2, 0) is 0 Å². The number of aromatic nitrogens is 3. The van der Waals surface area contributed by atoms with E-state index in [9.17, 15) is 0 Å². The highest BCUT2D eigenvalue weighted by Gasteiger charge is 2.23. The van der Waals surface area contributed by atoms with Gasteiger partial charge in [-0.05, 0) is 38.8 Å². The molecule has 0 fully saturated rings. The van der Waals surface area contributed by atoms with Crippen molar-refractivity contribution < 1.29 is 4.42 Å². The molecule has 0 bridgehead atoms. The van der Waals surface area contributed by atoms with Gasteiger partial charge < -0.3 is 4.42 Å². The van der Waals surface area contributed by atoms with Crippen molar-refractivity contribution in [2.24, 2.45) is 0 Å². The maximum atomic E-state index is 6.23. The molecule has 0 saturated carbocycles. The summed E-state index contributed by atoms with van der Waals surface area (Å²) >= 11 is 3.67. The Labute approximate surface area is 192 Å². The number of rotatable bonds is 3. The quantitative estimate of drug-likeness (QED) is 0.264. The van der Waals surface area contributed by atoms with E-state index in [2.05, 4.69) is 43.5 Å². The number of fused-ring (bicyclic) bond motifs is 3. The number of furan rings is 1. The molecule has 6 rings (SSSR count). The Hall–Kier alpha value is -3.83. The number of halogens is 1. The molecule has 32 heavy (non-hydrogen) atoms. The minimum Gasteiger partial charge on any atom is -0.455 e. The van der Waals surface area contributed by atoms with Crippen LogP contribution in [0.4, 0.5) is 0 Å². The minimum absolute atomic E-state index is 0.786. The minimum atomic E-state index is 0.786. The molecule has 4 nitrogen and oxygen atoms in total. The summed E-state index contributed by atoms with van der Waals surface area (Å²) in [6, 6.07) is 32.4. The Kier molecular flexibility index (Phi) is 4.55. The van der Waals surface area contributed by atoms with Crippen LogP contribution in [0.25, 0.3) is 55.6 Å². The highest BCUT2D eigenvalue weighted by molar-refractivity contribution is 9.10. The predicted molar refractivity (Wildman–Crippen MR) is 131 cm³/mol. The highest BCUT2D eigenvalue weighted by atomic mass is 79.9. The fourth-order valence-corrected chi connectivity index (χ4v) is 4.59. The molecule has 0 aliphatic heterocycles. The van der Waals surface area contributed by atoms with E-state index in [1.165, 1.54) is 0 Å². The average Bonchev–Trinajstić information content (AvgIpc) is 3.26. The van der Waals surface area contributed by atoms with Gasteiger partial charge in [-0.2, -0.15) is 0 Å². The Morgan fingerprint density at radius 2 is 1.22 bits per heavy atom. The summed E-state index contributed by atoms with van der Waals surface area (Å²) in [5.74, 6) is 0. The normalized spacial score (nSPS) is 11.3. The van der Waals surface area contributed by atoms with Crippen molar-refractivity contribution in [3.63, 3.8) is 0 Å². The molecule has 0 unspecified atom stereocenters. The molecular weight excluding hydrogens is 462 g/mol. The van der Waals surface area contributed by atoms with Gasteiger partial charge in [-0.25, -0.2) is 0 Å². The molecular formula is C27H16BrN3O. The van der Waals surface area contributed by atoms with Crippen molar-refractivity contribution in [3.05, 3.63) is 102 Å². The lowest BCUT2D eigenvalue weighted by molar-refractivity contribution is 0.667. The van der Waals surface area contributed by atoms with E-state index in [0.29, 0.717) is 0 Å². The summed E-state index contributed by atoms with van der Waals surface area (Å²) in [5, 5.41) is 15.2. The SMILES string of the molecule is Brc1ccc(-c2c(-c3ccccc3)nnnc2-c2ccccc2)c2c1oc1ccccc12. The van der Waals surface area contributed by atoms with E-state index >= 15 is 0 Å². The monoisotopic (exact) mass is 477 g/mol. The van der Waals surface area contributed by atoms with Crippen LogP contribution in [0.15, 0.2) is 106 Å². The number of benzene rings is 4. The van der Waals surface area contributed by atoms with E-state index in [1.807, 2.05) is 84.9 Å². The molecule has 0 amide bonds. The lowest BCUT2D eigenvalue weighted by Crippen LogP contribution is -2.00. The van der Waals surface area contributed by atoms with Gasteiger partial charge in [0.15, 0.2) is 0 Å². The molecule has 4 aromatic carbocycles. The van der Waals surface area contributed by atoms with Crippen LogP contribution < -0.4 is 0 Å². The molecule has 6 aromatic rings. The maximum absolute atomic E-state index is 6.23. The third kappa shape index (κ3) is 3.01. The van der Waals surface area contributed by atoms with Crippen molar-refractivity contribution in [2.45, 2.75) is 0 Å². The van der Waals surface area contributed by atoms with Crippen LogP contribution in [-0.4, -0.2) is 15.4 Å². The molecule has 0 atom stereocenters. The van der Waals surface area contributed by atoms with Gasteiger partial charge >= 0.3 is 0 Å². The van der Waals surface area contributed by atoms with Crippen molar-refractivity contribution in [1.29, 1.82) is 0 Å². The van der Waals surface area contributed by atoms with Gasteiger partial charge in [0, 0.05) is 27.5 Å². The van der Waals surface area contributed by atoms with Crippen molar-refractivity contribution >= 4 is 37.9 Å². The van der Waals surface area contributed by atoms with Gasteiger partial charge in [0.1, 0.15) is 22.6 Å². The molecule has 2 aromatic heterocycles. The summed E-state index contributed by atoms with van der Waals surface area (Å²) in [6.07, 6.45) is 0. The van der Waals surface area contributed by atoms with Gasteiger partial charge in [0.05, 0.1) is 4.47 Å². The van der Waals surface area contributed by atoms with Crippen LogP contribution in [0, 0.1) is 0 Å². The zero-order valence-electron chi connectivity index (χ0n) is 16.9. The molecule has 0 aliphatic carbocycles. The zero-order chi connectivity index (χ0) is 21.5. The first kappa shape index (κ1) is 18.9. The van der Waals surface area contributed by atoms with Crippen LogP contribution >= 0.6 is 15.9 Å². The van der Waals surface area contributed by atoms with E-state index in [0.717, 1.165) is 60.1 Å².